The summed E-state index contributed by atoms with van der Waals surface area (Å²) in [5, 5.41) is 11.6. The number of hydrogen-bond acceptors (Lipinski definition) is 6. The molecule has 0 spiro atoms. The second-order valence-electron chi connectivity index (χ2n) is 7.53. The molecule has 0 N–H and O–H groups in total. The molecular weight excluding hydrogens is 380 g/mol. The molecule has 0 saturated carbocycles. The molecule has 1 aromatic carbocycles. The molecule has 7 nitrogen and oxygen atoms in total. The normalized spacial score (nSPS) is 15.5. The minimum Gasteiger partial charge on any atom is -0.548 e. The molecule has 0 fully saturated rings. The maximum Gasteiger partial charge on any atom is 0.332 e. The monoisotopic (exact) mass is 399 g/mol. The van der Waals surface area contributed by atoms with Crippen LogP contribution >= 0.6 is 11.3 Å². The van der Waals surface area contributed by atoms with Gasteiger partial charge in [0.15, 0.2) is 0 Å². The van der Waals surface area contributed by atoms with E-state index in [1.165, 1.54) is 15.9 Å². The lowest BCUT2D eigenvalue weighted by Crippen LogP contribution is -2.44. The van der Waals surface area contributed by atoms with Crippen molar-refractivity contribution < 1.29 is 14.6 Å². The van der Waals surface area contributed by atoms with Crippen LogP contribution in [0, 0.1) is 0 Å². The minimum absolute atomic E-state index is 0.243. The molecule has 8 heteroatoms. The van der Waals surface area contributed by atoms with Crippen LogP contribution in [0.25, 0.3) is 10.2 Å². The Labute approximate surface area is 164 Å². The van der Waals surface area contributed by atoms with E-state index in [1.54, 1.807) is 0 Å². The van der Waals surface area contributed by atoms with Gasteiger partial charge in [0, 0.05) is 11.3 Å². The summed E-state index contributed by atoms with van der Waals surface area (Å²) in [5.41, 5.74) is 0.0585. The molecule has 0 aliphatic carbocycles. The fourth-order valence-corrected chi connectivity index (χ4v) is 4.79. The van der Waals surface area contributed by atoms with Crippen LogP contribution in [0.2, 0.25) is 0 Å². The number of ether oxygens (including phenoxy) is 1. The zero-order valence-electron chi connectivity index (χ0n) is 15.6. The number of carbonyl (C=O) groups is 1. The number of carboxylic acid groups (broad SMARTS) is 1. The van der Waals surface area contributed by atoms with Crippen molar-refractivity contribution in [3.63, 3.8) is 0 Å². The highest BCUT2D eigenvalue weighted by molar-refractivity contribution is 7.18. The maximum atomic E-state index is 13.1. The van der Waals surface area contributed by atoms with Gasteiger partial charge in [-0.05, 0) is 25.0 Å². The van der Waals surface area contributed by atoms with Crippen LogP contribution in [0.1, 0.15) is 29.9 Å². The molecule has 146 valence electrons. The molecule has 0 saturated heterocycles. The molecule has 2 aromatic heterocycles. The molecule has 0 bridgehead atoms. The van der Waals surface area contributed by atoms with E-state index in [1.807, 2.05) is 44.2 Å². The van der Waals surface area contributed by atoms with Crippen molar-refractivity contribution in [3.8, 4) is 0 Å². The van der Waals surface area contributed by atoms with E-state index >= 15 is 0 Å². The van der Waals surface area contributed by atoms with Gasteiger partial charge in [0.25, 0.3) is 5.56 Å². The van der Waals surface area contributed by atoms with Gasteiger partial charge in [0.1, 0.15) is 4.83 Å². The van der Waals surface area contributed by atoms with Crippen molar-refractivity contribution in [2.75, 3.05) is 0 Å². The van der Waals surface area contributed by atoms with Gasteiger partial charge in [-0.2, -0.15) is 0 Å². The topological polar surface area (TPSA) is 93.4 Å². The van der Waals surface area contributed by atoms with Crippen LogP contribution in [0.3, 0.4) is 0 Å². The molecular formula is C20H19N2O5S-. The summed E-state index contributed by atoms with van der Waals surface area (Å²) in [6.07, 6.45) is 0.520. The molecule has 0 unspecified atom stereocenters. The third-order valence-corrected chi connectivity index (χ3v) is 6.13. The number of fused-ring (bicyclic) bond motifs is 3. The minimum atomic E-state index is -1.47. The Morgan fingerprint density at radius 3 is 2.61 bits per heavy atom. The number of carbonyl (C=O) groups excluding carboxylic acids is 1. The van der Waals surface area contributed by atoms with Gasteiger partial charge in [-0.25, -0.2) is 4.79 Å². The van der Waals surface area contributed by atoms with Gasteiger partial charge in [-0.3, -0.25) is 13.9 Å². The van der Waals surface area contributed by atoms with E-state index in [-0.39, 0.29) is 6.54 Å². The maximum absolute atomic E-state index is 13.1. The van der Waals surface area contributed by atoms with Crippen molar-refractivity contribution in [2.24, 2.45) is 0 Å². The molecule has 0 atom stereocenters. The number of rotatable bonds is 4. The van der Waals surface area contributed by atoms with E-state index in [0.717, 1.165) is 20.6 Å². The predicted molar refractivity (Wildman–Crippen MR) is 103 cm³/mol. The predicted octanol–water partition coefficient (Wildman–Crippen LogP) is 0.874. The number of thiophene rings is 1. The van der Waals surface area contributed by atoms with E-state index in [0.29, 0.717) is 23.2 Å². The van der Waals surface area contributed by atoms with Crippen LogP contribution in [-0.2, 0) is 35.6 Å². The fraction of sp³-hybridized carbons (Fsp3) is 0.350. The first-order chi connectivity index (χ1) is 13.3. The number of aliphatic carboxylic acids is 1. The number of benzene rings is 1. The smallest absolute Gasteiger partial charge is 0.332 e. The van der Waals surface area contributed by atoms with Gasteiger partial charge in [0.05, 0.1) is 36.7 Å². The highest BCUT2D eigenvalue weighted by Gasteiger charge is 2.31. The van der Waals surface area contributed by atoms with Crippen LogP contribution in [0.4, 0.5) is 0 Å². The molecule has 0 radical (unpaired) electrons. The molecule has 0 amide bonds. The summed E-state index contributed by atoms with van der Waals surface area (Å²) in [5.74, 6) is -1.47. The van der Waals surface area contributed by atoms with E-state index in [2.05, 4.69) is 0 Å². The Balaban J connectivity index is 2.02. The molecule has 28 heavy (non-hydrogen) atoms. The Kier molecular flexibility index (Phi) is 4.47. The van der Waals surface area contributed by atoms with Crippen molar-refractivity contribution in [1.82, 2.24) is 9.13 Å². The lowest BCUT2D eigenvalue weighted by Gasteiger charge is -2.29. The van der Waals surface area contributed by atoms with Crippen molar-refractivity contribution >= 4 is 27.5 Å². The zero-order valence-corrected chi connectivity index (χ0v) is 16.4. The summed E-state index contributed by atoms with van der Waals surface area (Å²) in [4.78, 5) is 38.7. The Bertz CT molecular complexity index is 1190. The first kappa shape index (κ1) is 18.6. The largest absolute Gasteiger partial charge is 0.548 e. The summed E-state index contributed by atoms with van der Waals surface area (Å²) >= 11 is 1.36. The quantitative estimate of drug-likeness (QED) is 0.649. The summed E-state index contributed by atoms with van der Waals surface area (Å²) in [7, 11) is 0. The van der Waals surface area contributed by atoms with Gasteiger partial charge >= 0.3 is 5.69 Å². The van der Waals surface area contributed by atoms with Crippen LogP contribution < -0.4 is 16.4 Å². The molecule has 3 aromatic rings. The molecule has 1 aliphatic heterocycles. The number of carboxylic acids is 1. The summed E-state index contributed by atoms with van der Waals surface area (Å²) < 4.78 is 8.09. The molecule has 3 heterocycles. The van der Waals surface area contributed by atoms with E-state index in [9.17, 15) is 19.5 Å². The standard InChI is InChI=1S/C20H20N2O5S/c1-20(2)8-13-14(11-27-20)28-18-16(13)17(25)21(10-15(23)24)19(26)22(18)9-12-6-4-3-5-7-12/h3-7H,8-11H2,1-2H3,(H,23,24)/p-1. The molecule has 4 rings (SSSR count). The Morgan fingerprint density at radius 2 is 1.93 bits per heavy atom. The first-order valence-corrected chi connectivity index (χ1v) is 9.74. The van der Waals surface area contributed by atoms with Crippen molar-refractivity contribution in [2.45, 2.75) is 45.6 Å². The van der Waals surface area contributed by atoms with Gasteiger partial charge in [-0.15, -0.1) is 11.3 Å². The number of nitrogens with zero attached hydrogens (tertiary/aromatic N) is 2. The van der Waals surface area contributed by atoms with E-state index < -0.39 is 29.4 Å². The van der Waals surface area contributed by atoms with Crippen molar-refractivity contribution in [1.29, 1.82) is 0 Å². The second kappa shape index (κ2) is 6.72. The third kappa shape index (κ3) is 3.18. The third-order valence-electron chi connectivity index (χ3n) is 4.91. The number of aromatic nitrogens is 2. The highest BCUT2D eigenvalue weighted by Crippen LogP contribution is 2.37. The van der Waals surface area contributed by atoms with Crippen molar-refractivity contribution in [3.05, 3.63) is 67.2 Å². The first-order valence-electron chi connectivity index (χ1n) is 8.92. The second-order valence-corrected chi connectivity index (χ2v) is 8.61. The van der Waals surface area contributed by atoms with Gasteiger partial charge < -0.3 is 14.6 Å². The average Bonchev–Trinajstić information content (AvgIpc) is 3.00. The summed E-state index contributed by atoms with van der Waals surface area (Å²) in [6, 6.07) is 9.37. The van der Waals surface area contributed by atoms with E-state index in [4.69, 9.17) is 4.74 Å². The SMILES string of the molecule is CC1(C)Cc2c(sc3c2c(=O)n(CC(=O)[O-])c(=O)n3Cc2ccccc2)CO1. The summed E-state index contributed by atoms with van der Waals surface area (Å²) in [6.45, 7) is 3.72. The fourth-order valence-electron chi connectivity index (χ4n) is 3.58. The van der Waals surface area contributed by atoms with Crippen LogP contribution in [0.5, 0.6) is 0 Å². The Morgan fingerprint density at radius 1 is 1.21 bits per heavy atom. The highest BCUT2D eigenvalue weighted by atomic mass is 32.1. The van der Waals surface area contributed by atoms with Gasteiger partial charge in [0.2, 0.25) is 0 Å². The zero-order chi connectivity index (χ0) is 20.1. The van der Waals surface area contributed by atoms with Crippen LogP contribution in [0.15, 0.2) is 39.9 Å². The number of hydrogen-bond donors (Lipinski definition) is 0. The van der Waals surface area contributed by atoms with Crippen LogP contribution in [-0.4, -0.2) is 20.7 Å². The lowest BCUT2D eigenvalue weighted by atomic mass is 9.94. The van der Waals surface area contributed by atoms with Gasteiger partial charge in [-0.1, -0.05) is 30.3 Å². The Hall–Kier alpha value is -2.71. The lowest BCUT2D eigenvalue weighted by molar-refractivity contribution is -0.306. The molecule has 1 aliphatic rings. The average molecular weight is 399 g/mol.